The van der Waals surface area contributed by atoms with Gasteiger partial charge in [0.2, 0.25) is 0 Å². The first kappa shape index (κ1) is 27.3. The number of terminal acetylenes is 1. The average molecular weight is 476 g/mol. The maximum Gasteiger partial charge on any atom is 0.324 e. The summed E-state index contributed by atoms with van der Waals surface area (Å²) in [6, 6.07) is 17.7. The Morgan fingerprint density at radius 1 is 0.526 bits per heavy atom. The molecule has 0 aliphatic heterocycles. The first-order valence-corrected chi connectivity index (χ1v) is 10.6. The van der Waals surface area contributed by atoms with Crippen molar-refractivity contribution in [2.24, 2.45) is 0 Å². The molecule has 2 rings (SSSR count). The highest BCUT2D eigenvalue weighted by molar-refractivity contribution is 5.74. The van der Waals surface area contributed by atoms with Crippen LogP contribution in [0.4, 0.5) is 0 Å². The molecule has 2 nitrogen and oxygen atoms in total. The van der Waals surface area contributed by atoms with E-state index in [2.05, 4.69) is 125 Å². The molecule has 2 heteroatoms. The molecule has 0 saturated heterocycles. The molecule has 38 heavy (non-hydrogen) atoms. The van der Waals surface area contributed by atoms with Gasteiger partial charge >= 0.3 is 5.97 Å². The molecule has 0 spiro atoms. The van der Waals surface area contributed by atoms with Crippen molar-refractivity contribution in [1.82, 2.24) is 0 Å². The highest BCUT2D eigenvalue weighted by atomic mass is 16.5. The summed E-state index contributed by atoms with van der Waals surface area (Å²) in [5.41, 5.74) is 3.01. The minimum Gasteiger partial charge on any atom is -0.371 e. The van der Waals surface area contributed by atoms with Gasteiger partial charge in [0.05, 0.1) is 6.42 Å². The fraction of sp³-hybridized carbons (Fsp3) is 0.0278. The normalized spacial score (nSPS) is 6.61. The number of carbonyl (C=O) groups excluding carboxylic acids is 1. The highest BCUT2D eigenvalue weighted by Gasteiger charge is 2.04. The Bertz CT molecular complexity index is 1870. The lowest BCUT2D eigenvalue weighted by Gasteiger charge is -2.03. The molecule has 168 valence electrons. The second kappa shape index (κ2) is 18.5. The second-order valence-corrected chi connectivity index (χ2v) is 6.34. The van der Waals surface area contributed by atoms with Gasteiger partial charge in [0.25, 0.3) is 0 Å². The van der Waals surface area contributed by atoms with Crippen molar-refractivity contribution in [2.75, 3.05) is 0 Å². The zero-order chi connectivity index (χ0) is 26.9. The molecule has 2 aromatic rings. The molecule has 2 aromatic carbocycles. The van der Waals surface area contributed by atoms with Crippen LogP contribution in [-0.2, 0) is 16.0 Å². The predicted molar refractivity (Wildman–Crippen MR) is 148 cm³/mol. The predicted octanol–water partition coefficient (Wildman–Crippen LogP) is 3.06. The molecule has 0 aliphatic rings. The van der Waals surface area contributed by atoms with Crippen LogP contribution in [0.5, 0.6) is 0 Å². The van der Waals surface area contributed by atoms with Gasteiger partial charge in [-0.2, -0.15) is 0 Å². The lowest BCUT2D eigenvalue weighted by molar-refractivity contribution is -0.136. The summed E-state index contributed by atoms with van der Waals surface area (Å²) < 4.78 is 4.85. The van der Waals surface area contributed by atoms with E-state index in [9.17, 15) is 4.79 Å². The topological polar surface area (TPSA) is 26.3 Å². The van der Waals surface area contributed by atoms with Crippen LogP contribution in [0.3, 0.4) is 0 Å². The first-order valence-electron chi connectivity index (χ1n) is 10.6. The number of ether oxygens (including phenoxy) is 1. The van der Waals surface area contributed by atoms with E-state index in [-0.39, 0.29) is 6.42 Å². The van der Waals surface area contributed by atoms with Gasteiger partial charge in [-0.1, -0.05) is 54.6 Å². The van der Waals surface area contributed by atoms with E-state index < -0.39 is 5.97 Å². The van der Waals surface area contributed by atoms with Crippen molar-refractivity contribution in [3.05, 3.63) is 60.2 Å². The van der Waals surface area contributed by atoms with Crippen molar-refractivity contribution >= 4 is 5.97 Å². The molecular weight excluding hydrogens is 464 g/mol. The van der Waals surface area contributed by atoms with Gasteiger partial charge in [0, 0.05) is 71.0 Å². The third-order valence-corrected chi connectivity index (χ3v) is 3.82. The monoisotopic (exact) mass is 476 g/mol. The van der Waals surface area contributed by atoms with Crippen molar-refractivity contribution < 1.29 is 9.53 Å². The van der Waals surface area contributed by atoms with Crippen LogP contribution in [0.25, 0.3) is 11.1 Å². The molecule has 0 saturated carbocycles. The molecule has 0 unspecified atom stereocenters. The Balaban J connectivity index is 1.72. The zero-order valence-electron chi connectivity index (χ0n) is 19.8. The van der Waals surface area contributed by atoms with Crippen LogP contribution in [0.1, 0.15) is 5.56 Å². The van der Waals surface area contributed by atoms with Gasteiger partial charge in [-0.25, -0.2) is 0 Å². The van der Waals surface area contributed by atoms with Crippen molar-refractivity contribution in [2.45, 2.75) is 6.42 Å². The van der Waals surface area contributed by atoms with Crippen LogP contribution >= 0.6 is 0 Å². The van der Waals surface area contributed by atoms with Crippen LogP contribution in [0, 0.1) is 131 Å². The number of esters is 1. The van der Waals surface area contributed by atoms with Gasteiger partial charge in [0.1, 0.15) is 6.11 Å². The summed E-state index contributed by atoms with van der Waals surface area (Å²) in [4.78, 5) is 11.9. The largest absolute Gasteiger partial charge is 0.371 e. The Morgan fingerprint density at radius 2 is 0.921 bits per heavy atom. The first-order chi connectivity index (χ1) is 18.8. The summed E-state index contributed by atoms with van der Waals surface area (Å²) in [6.45, 7) is 0. The Morgan fingerprint density at radius 3 is 1.37 bits per heavy atom. The summed E-state index contributed by atoms with van der Waals surface area (Å²) >= 11 is 0. The standard InChI is InChI=1S/C36H12O2/c1-2-3-4-5-6-7-8-9-10-11-12-13-14-15-16-17-18-19-20-24-31-38-36(37)32-33-27-29-35(30-28-33)34-25-22-21-23-26-34/h1,21-23,25-30H,32H2. The third-order valence-electron chi connectivity index (χ3n) is 3.82. The molecule has 0 aromatic heterocycles. The minimum absolute atomic E-state index is 0.109. The summed E-state index contributed by atoms with van der Waals surface area (Å²) in [6.07, 6.45) is 7.29. The van der Waals surface area contributed by atoms with Crippen LogP contribution < -0.4 is 0 Å². The molecule has 0 atom stereocenters. The quantitative estimate of drug-likeness (QED) is 0.503. The second-order valence-electron chi connectivity index (χ2n) is 6.34. The van der Waals surface area contributed by atoms with E-state index in [1.807, 2.05) is 54.6 Å². The number of hydrogen-bond acceptors (Lipinski definition) is 2. The maximum absolute atomic E-state index is 11.9. The van der Waals surface area contributed by atoms with E-state index in [1.165, 1.54) is 0 Å². The Kier molecular flexibility index (Phi) is 13.3. The molecule has 0 fully saturated rings. The lowest BCUT2D eigenvalue weighted by Crippen LogP contribution is -2.04. The summed E-state index contributed by atoms with van der Waals surface area (Å²) in [7, 11) is 0. The van der Waals surface area contributed by atoms with Gasteiger partial charge < -0.3 is 4.74 Å². The van der Waals surface area contributed by atoms with Gasteiger partial charge in [-0.3, -0.25) is 4.79 Å². The molecule has 0 bridgehead atoms. The van der Waals surface area contributed by atoms with Crippen LogP contribution in [-0.4, -0.2) is 5.97 Å². The van der Waals surface area contributed by atoms with Crippen molar-refractivity contribution in [3.8, 4) is 142 Å². The zero-order valence-corrected chi connectivity index (χ0v) is 19.8. The summed E-state index contributed by atoms with van der Waals surface area (Å²) in [5, 5.41) is 0. The molecule has 0 amide bonds. The van der Waals surface area contributed by atoms with E-state index >= 15 is 0 Å². The fourth-order valence-corrected chi connectivity index (χ4v) is 2.32. The van der Waals surface area contributed by atoms with Gasteiger partial charge in [-0.05, 0) is 64.1 Å². The third kappa shape index (κ3) is 12.9. The molecular formula is C36H12O2. The molecule has 0 aliphatic carbocycles. The van der Waals surface area contributed by atoms with Crippen molar-refractivity contribution in [3.63, 3.8) is 0 Å². The smallest absolute Gasteiger partial charge is 0.324 e. The van der Waals surface area contributed by atoms with Crippen LogP contribution in [0.2, 0.25) is 0 Å². The fourth-order valence-electron chi connectivity index (χ4n) is 2.32. The number of hydrogen-bond donors (Lipinski definition) is 0. The number of rotatable bonds is 3. The van der Waals surface area contributed by atoms with Gasteiger partial charge in [0.15, 0.2) is 0 Å². The van der Waals surface area contributed by atoms with E-state index in [4.69, 9.17) is 11.2 Å². The summed E-state index contributed by atoms with van der Waals surface area (Å²) in [5.74, 6) is 48.5. The number of carbonyl (C=O) groups is 1. The Hall–Kier alpha value is -6.93. The highest BCUT2D eigenvalue weighted by Crippen LogP contribution is 2.19. The number of benzene rings is 2. The lowest BCUT2D eigenvalue weighted by atomic mass is 10.0. The SMILES string of the molecule is C#CC#CC#CC#CC#CC#CC#CC#CC#CC#CC#COC(=O)Cc1ccc(-c2ccccc2)cc1. The maximum atomic E-state index is 11.9. The molecule has 0 N–H and O–H groups in total. The van der Waals surface area contributed by atoms with Gasteiger partial charge in [-0.15, -0.1) is 6.42 Å². The minimum atomic E-state index is -0.471. The Labute approximate surface area is 224 Å². The van der Waals surface area contributed by atoms with E-state index in [1.54, 1.807) is 0 Å². The van der Waals surface area contributed by atoms with Crippen LogP contribution in [0.15, 0.2) is 54.6 Å². The van der Waals surface area contributed by atoms with Crippen molar-refractivity contribution in [1.29, 1.82) is 0 Å². The molecule has 0 radical (unpaired) electrons. The van der Waals surface area contributed by atoms with E-state index in [0.29, 0.717) is 0 Å². The van der Waals surface area contributed by atoms with E-state index in [0.717, 1.165) is 16.7 Å². The molecule has 0 heterocycles. The average Bonchev–Trinajstić information content (AvgIpc) is 2.95.